The Bertz CT molecular complexity index is 994. The first-order chi connectivity index (χ1) is 14.6. The number of hydrogen-bond donors (Lipinski definition) is 0. The summed E-state index contributed by atoms with van der Waals surface area (Å²) >= 11 is 3.04. The molecule has 3 heterocycles. The van der Waals surface area contributed by atoms with E-state index in [-0.39, 0.29) is 11.8 Å². The molecule has 0 aliphatic carbocycles. The van der Waals surface area contributed by atoms with Gasteiger partial charge in [-0.2, -0.15) is 0 Å². The van der Waals surface area contributed by atoms with Crippen LogP contribution < -0.4 is 4.74 Å². The average Bonchev–Trinajstić information content (AvgIpc) is 3.44. The molecule has 9 heteroatoms. The third kappa shape index (κ3) is 5.03. The van der Waals surface area contributed by atoms with Crippen molar-refractivity contribution in [2.24, 2.45) is 0 Å². The van der Waals surface area contributed by atoms with E-state index in [1.54, 1.807) is 34.7 Å². The van der Waals surface area contributed by atoms with E-state index in [0.717, 1.165) is 16.4 Å². The van der Waals surface area contributed by atoms with E-state index >= 15 is 0 Å². The van der Waals surface area contributed by atoms with Crippen molar-refractivity contribution in [2.45, 2.75) is 20.0 Å². The molecule has 7 nitrogen and oxygen atoms in total. The number of thiazole rings is 2. The van der Waals surface area contributed by atoms with Crippen LogP contribution in [0.2, 0.25) is 0 Å². The van der Waals surface area contributed by atoms with E-state index in [0.29, 0.717) is 50.5 Å². The van der Waals surface area contributed by atoms with E-state index in [1.807, 2.05) is 22.6 Å². The maximum atomic E-state index is 12.8. The number of nitrogens with zero attached hydrogens (tertiary/aromatic N) is 4. The van der Waals surface area contributed by atoms with Crippen molar-refractivity contribution in [2.75, 3.05) is 26.2 Å². The Hall–Kier alpha value is -2.78. The summed E-state index contributed by atoms with van der Waals surface area (Å²) in [4.78, 5) is 37.4. The van der Waals surface area contributed by atoms with Crippen molar-refractivity contribution in [1.29, 1.82) is 0 Å². The number of piperazine rings is 1. The highest BCUT2D eigenvalue weighted by Crippen LogP contribution is 2.17. The number of benzene rings is 1. The molecule has 1 aliphatic heterocycles. The number of amides is 2. The fraction of sp³-hybridized carbons (Fsp3) is 0.333. The summed E-state index contributed by atoms with van der Waals surface area (Å²) in [5.41, 5.74) is 4.22. The van der Waals surface area contributed by atoms with Crippen LogP contribution in [0.25, 0.3) is 0 Å². The minimum absolute atomic E-state index is 0.0244. The Morgan fingerprint density at radius 1 is 1.07 bits per heavy atom. The zero-order valence-corrected chi connectivity index (χ0v) is 18.2. The largest absolute Gasteiger partial charge is 0.487 e. The fourth-order valence-electron chi connectivity index (χ4n) is 3.23. The van der Waals surface area contributed by atoms with E-state index in [1.165, 1.54) is 22.7 Å². The van der Waals surface area contributed by atoms with Gasteiger partial charge in [0.05, 0.1) is 17.6 Å². The number of aromatic nitrogens is 2. The summed E-state index contributed by atoms with van der Waals surface area (Å²) in [7, 11) is 0. The molecule has 0 spiro atoms. The van der Waals surface area contributed by atoms with E-state index in [4.69, 9.17) is 4.74 Å². The van der Waals surface area contributed by atoms with Crippen LogP contribution >= 0.6 is 22.7 Å². The second-order valence-corrected chi connectivity index (χ2v) is 8.69. The zero-order valence-electron chi connectivity index (χ0n) is 16.6. The fourth-order valence-corrected chi connectivity index (χ4v) is 4.53. The molecule has 2 aromatic heterocycles. The average molecular weight is 443 g/mol. The van der Waals surface area contributed by atoms with Crippen LogP contribution in [-0.2, 0) is 17.8 Å². The molecule has 156 valence electrons. The molecule has 4 rings (SSSR count). The highest BCUT2D eigenvalue weighted by molar-refractivity contribution is 7.09. The van der Waals surface area contributed by atoms with Crippen molar-refractivity contribution in [3.63, 3.8) is 0 Å². The zero-order chi connectivity index (χ0) is 20.9. The van der Waals surface area contributed by atoms with E-state index in [9.17, 15) is 9.59 Å². The van der Waals surface area contributed by atoms with Gasteiger partial charge in [0.1, 0.15) is 17.4 Å². The van der Waals surface area contributed by atoms with Gasteiger partial charge in [0.25, 0.3) is 5.91 Å². The standard InChI is InChI=1S/C21H22N4O3S2/c1-15-12-30-19(23-15)10-20(26)24-6-8-25(9-7-24)21(27)16-2-4-18(5-3-16)28-11-17-13-29-14-22-17/h2-5,12-14H,6-11H2,1H3. The van der Waals surface area contributed by atoms with E-state index in [2.05, 4.69) is 9.97 Å². The maximum Gasteiger partial charge on any atom is 0.253 e. The number of carbonyl (C=O) groups excluding carboxylic acids is 2. The summed E-state index contributed by atoms with van der Waals surface area (Å²) in [5, 5.41) is 4.74. The van der Waals surface area contributed by atoms with Crippen molar-refractivity contribution < 1.29 is 14.3 Å². The predicted octanol–water partition coefficient (Wildman–Crippen LogP) is 3.01. The monoisotopic (exact) mass is 442 g/mol. The lowest BCUT2D eigenvalue weighted by atomic mass is 10.1. The van der Waals surface area contributed by atoms with Gasteiger partial charge in [0.15, 0.2) is 0 Å². The van der Waals surface area contributed by atoms with Crippen molar-refractivity contribution in [1.82, 2.24) is 19.8 Å². The number of ether oxygens (including phenoxy) is 1. The highest BCUT2D eigenvalue weighted by Gasteiger charge is 2.25. The first kappa shape index (κ1) is 20.5. The van der Waals surface area contributed by atoms with Crippen LogP contribution in [-0.4, -0.2) is 57.8 Å². The minimum Gasteiger partial charge on any atom is -0.487 e. The van der Waals surface area contributed by atoms with Crippen molar-refractivity contribution in [3.05, 3.63) is 62.5 Å². The van der Waals surface area contributed by atoms with Crippen LogP contribution in [0, 0.1) is 6.92 Å². The normalized spacial score (nSPS) is 14.0. The molecule has 0 N–H and O–H groups in total. The second-order valence-electron chi connectivity index (χ2n) is 7.03. The van der Waals surface area contributed by atoms with Gasteiger partial charge < -0.3 is 14.5 Å². The second kappa shape index (κ2) is 9.36. The summed E-state index contributed by atoms with van der Waals surface area (Å²) in [6.45, 7) is 4.49. The Balaban J connectivity index is 1.26. The molecule has 0 bridgehead atoms. The summed E-state index contributed by atoms with van der Waals surface area (Å²) in [6.07, 6.45) is 0.328. The minimum atomic E-state index is -0.0244. The van der Waals surface area contributed by atoms with Crippen LogP contribution in [0.5, 0.6) is 5.75 Å². The van der Waals surface area contributed by atoms with Gasteiger partial charge in [-0.15, -0.1) is 22.7 Å². The highest BCUT2D eigenvalue weighted by atomic mass is 32.1. The van der Waals surface area contributed by atoms with Gasteiger partial charge in [-0.25, -0.2) is 9.97 Å². The molecular weight excluding hydrogens is 420 g/mol. The maximum absolute atomic E-state index is 12.8. The first-order valence-corrected chi connectivity index (χ1v) is 11.5. The number of rotatable bonds is 6. The lowest BCUT2D eigenvalue weighted by molar-refractivity contribution is -0.131. The summed E-state index contributed by atoms with van der Waals surface area (Å²) in [6, 6.07) is 7.16. The predicted molar refractivity (Wildman–Crippen MR) is 116 cm³/mol. The molecule has 0 atom stereocenters. The SMILES string of the molecule is Cc1csc(CC(=O)N2CCN(C(=O)c3ccc(OCc4cscn4)cc3)CC2)n1. The third-order valence-corrected chi connectivity index (χ3v) is 6.46. The molecule has 3 aromatic rings. The Labute approximate surface area is 183 Å². The molecule has 30 heavy (non-hydrogen) atoms. The smallest absolute Gasteiger partial charge is 0.253 e. The molecule has 0 saturated carbocycles. The molecule has 1 fully saturated rings. The van der Waals surface area contributed by atoms with Gasteiger partial charge in [0.2, 0.25) is 5.91 Å². The molecule has 2 amide bonds. The van der Waals surface area contributed by atoms with E-state index < -0.39 is 0 Å². The Morgan fingerprint density at radius 3 is 2.43 bits per heavy atom. The number of hydrogen-bond acceptors (Lipinski definition) is 7. The molecule has 1 aliphatic rings. The lowest BCUT2D eigenvalue weighted by Gasteiger charge is -2.34. The van der Waals surface area contributed by atoms with Crippen LogP contribution in [0.15, 0.2) is 40.5 Å². The van der Waals surface area contributed by atoms with Crippen LogP contribution in [0.1, 0.15) is 26.8 Å². The van der Waals surface area contributed by atoms with Gasteiger partial charge in [-0.3, -0.25) is 9.59 Å². The molecule has 0 unspecified atom stereocenters. The van der Waals surface area contributed by atoms with Gasteiger partial charge in [-0.1, -0.05) is 0 Å². The molecule has 0 radical (unpaired) electrons. The number of aryl methyl sites for hydroxylation is 1. The molecule has 1 saturated heterocycles. The molecule has 1 aromatic carbocycles. The van der Waals surface area contributed by atoms with Gasteiger partial charge >= 0.3 is 0 Å². The summed E-state index contributed by atoms with van der Waals surface area (Å²) < 4.78 is 5.69. The Morgan fingerprint density at radius 2 is 1.80 bits per heavy atom. The van der Waals surface area contributed by atoms with Gasteiger partial charge in [-0.05, 0) is 31.2 Å². The van der Waals surface area contributed by atoms with Crippen LogP contribution in [0.3, 0.4) is 0 Å². The van der Waals surface area contributed by atoms with Gasteiger partial charge in [0, 0.05) is 48.2 Å². The van der Waals surface area contributed by atoms with Crippen LogP contribution in [0.4, 0.5) is 0 Å². The summed E-state index contributed by atoms with van der Waals surface area (Å²) in [5.74, 6) is 0.745. The Kier molecular flexibility index (Phi) is 6.39. The molecular formula is C21H22N4O3S2. The number of carbonyl (C=O) groups is 2. The first-order valence-electron chi connectivity index (χ1n) is 9.66. The van der Waals surface area contributed by atoms with Crippen molar-refractivity contribution >= 4 is 34.5 Å². The third-order valence-electron chi connectivity index (χ3n) is 4.86. The lowest BCUT2D eigenvalue weighted by Crippen LogP contribution is -2.51. The topological polar surface area (TPSA) is 75.6 Å². The van der Waals surface area contributed by atoms with Crippen molar-refractivity contribution in [3.8, 4) is 5.75 Å². The quantitative estimate of drug-likeness (QED) is 0.587.